The van der Waals surface area contributed by atoms with Gasteiger partial charge in [-0.05, 0) is 36.2 Å². The van der Waals surface area contributed by atoms with Crippen LogP contribution >= 0.6 is 24.0 Å². The molecule has 26 heavy (non-hydrogen) atoms. The molecule has 0 aliphatic carbocycles. The number of aromatic nitrogens is 1. The van der Waals surface area contributed by atoms with E-state index in [9.17, 15) is 13.2 Å². The Morgan fingerprint density at radius 3 is 2.73 bits per heavy atom. The number of hydrogen-bond acceptors (Lipinski definition) is 3. The van der Waals surface area contributed by atoms with E-state index < -0.39 is 17.6 Å². The summed E-state index contributed by atoms with van der Waals surface area (Å²) < 4.78 is 43.5. The molecule has 0 radical (unpaired) electrons. The Labute approximate surface area is 166 Å². The summed E-state index contributed by atoms with van der Waals surface area (Å²) in [4.78, 5) is 7.64. The number of nitrogens with two attached hydrogens (primary N) is 1. The second kappa shape index (κ2) is 10.2. The Balaban J connectivity index is 0.00000338. The third-order valence-corrected chi connectivity index (χ3v) is 3.30. The van der Waals surface area contributed by atoms with Gasteiger partial charge in [0.15, 0.2) is 5.96 Å². The average Bonchev–Trinajstić information content (AvgIpc) is 2.58. The molecule has 0 aliphatic heterocycles. The van der Waals surface area contributed by atoms with Crippen LogP contribution < -0.4 is 15.8 Å². The highest BCUT2D eigenvalue weighted by Gasteiger charge is 2.34. The molecule has 0 unspecified atom stereocenters. The minimum Gasteiger partial charge on any atom is -0.475 e. The number of anilines is 1. The molecule has 1 heterocycles. The van der Waals surface area contributed by atoms with Gasteiger partial charge in [-0.15, -0.1) is 24.0 Å². The van der Waals surface area contributed by atoms with Crippen molar-refractivity contribution >= 4 is 35.6 Å². The Kier molecular flexibility index (Phi) is 8.62. The summed E-state index contributed by atoms with van der Waals surface area (Å²) in [7, 11) is 0. The van der Waals surface area contributed by atoms with Crippen molar-refractivity contribution in [2.45, 2.75) is 19.5 Å². The van der Waals surface area contributed by atoms with Crippen molar-refractivity contribution in [1.29, 1.82) is 0 Å². The Bertz CT molecular complexity index is 738. The molecular weight excluding hydrogens is 460 g/mol. The maximum absolute atomic E-state index is 12.8. The molecule has 5 nitrogen and oxygen atoms in total. The number of pyridine rings is 1. The van der Waals surface area contributed by atoms with Crippen LogP contribution in [-0.2, 0) is 12.6 Å². The van der Waals surface area contributed by atoms with Gasteiger partial charge in [0.25, 0.3) is 0 Å². The second-order valence-electron chi connectivity index (χ2n) is 5.15. The molecule has 0 spiro atoms. The lowest BCUT2D eigenvalue weighted by atomic mass is 10.1. The normalized spacial score (nSPS) is 11.6. The van der Waals surface area contributed by atoms with Gasteiger partial charge in [-0.3, -0.25) is 0 Å². The van der Waals surface area contributed by atoms with E-state index in [1.165, 1.54) is 12.3 Å². The molecule has 2 aromatic rings. The number of halogens is 4. The van der Waals surface area contributed by atoms with Crippen LogP contribution in [0.4, 0.5) is 18.9 Å². The zero-order chi connectivity index (χ0) is 18.3. The van der Waals surface area contributed by atoms with Gasteiger partial charge in [0, 0.05) is 11.9 Å². The third-order valence-electron chi connectivity index (χ3n) is 3.30. The Hall–Kier alpha value is -2.04. The first-order chi connectivity index (χ1) is 11.9. The van der Waals surface area contributed by atoms with Crippen LogP contribution in [0, 0.1) is 0 Å². The molecule has 3 N–H and O–H groups in total. The monoisotopic (exact) mass is 480 g/mol. The zero-order valence-corrected chi connectivity index (χ0v) is 16.4. The summed E-state index contributed by atoms with van der Waals surface area (Å²) >= 11 is 0. The van der Waals surface area contributed by atoms with Crippen LogP contribution in [0.2, 0.25) is 0 Å². The quantitative estimate of drug-likeness (QED) is 0.283. The van der Waals surface area contributed by atoms with E-state index in [-0.39, 0.29) is 43.1 Å². The van der Waals surface area contributed by atoms with Crippen LogP contribution in [0.15, 0.2) is 47.6 Å². The van der Waals surface area contributed by atoms with Crippen LogP contribution in [0.3, 0.4) is 0 Å². The first kappa shape index (κ1) is 22.0. The van der Waals surface area contributed by atoms with E-state index in [1.54, 1.807) is 0 Å². The number of alkyl halides is 3. The lowest BCUT2D eigenvalue weighted by Crippen LogP contribution is -2.23. The minimum absolute atomic E-state index is 0. The highest BCUT2D eigenvalue weighted by molar-refractivity contribution is 14.0. The number of hydrogen-bond donors (Lipinski definition) is 2. The molecule has 1 aromatic carbocycles. The molecule has 2 rings (SSSR count). The molecule has 0 fully saturated rings. The van der Waals surface area contributed by atoms with E-state index in [1.807, 2.05) is 31.2 Å². The molecule has 0 aliphatic rings. The van der Waals surface area contributed by atoms with E-state index in [4.69, 9.17) is 10.5 Å². The van der Waals surface area contributed by atoms with Gasteiger partial charge >= 0.3 is 6.18 Å². The molecule has 1 aromatic heterocycles. The van der Waals surface area contributed by atoms with E-state index in [2.05, 4.69) is 15.3 Å². The van der Waals surface area contributed by atoms with Crippen molar-refractivity contribution in [2.24, 2.45) is 10.7 Å². The smallest absolute Gasteiger partial charge is 0.421 e. The average molecular weight is 480 g/mol. The first-order valence-corrected chi connectivity index (χ1v) is 7.71. The van der Waals surface area contributed by atoms with E-state index >= 15 is 0 Å². The predicted molar refractivity (Wildman–Crippen MR) is 106 cm³/mol. The van der Waals surface area contributed by atoms with Gasteiger partial charge < -0.3 is 15.8 Å². The third kappa shape index (κ3) is 6.70. The van der Waals surface area contributed by atoms with Gasteiger partial charge in [0.05, 0.1) is 6.54 Å². The molecule has 0 saturated carbocycles. The Morgan fingerprint density at radius 2 is 2.04 bits per heavy atom. The number of guanidine groups is 1. The molecule has 0 bridgehead atoms. The first-order valence-electron chi connectivity index (χ1n) is 7.71. The van der Waals surface area contributed by atoms with Crippen molar-refractivity contribution in [3.8, 4) is 5.88 Å². The number of aliphatic imine (C=N–C) groups is 1. The fourth-order valence-electron chi connectivity index (χ4n) is 2.09. The molecule has 9 heteroatoms. The number of nitrogens with one attached hydrogen (secondary N) is 1. The maximum Gasteiger partial charge on any atom is 0.421 e. The highest BCUT2D eigenvalue weighted by atomic mass is 127. The zero-order valence-electron chi connectivity index (χ0n) is 14.1. The largest absolute Gasteiger partial charge is 0.475 e. The standard InChI is InChI=1S/C17H19F3N4O.HI/c1-2-12-5-3-6-13(11-12)24-16(21)23-9-10-25-15-14(17(18,19)20)7-4-8-22-15;/h3-8,11H,2,9-10H2,1H3,(H3,21,23,24);1H. The number of ether oxygens (including phenoxy) is 1. The highest BCUT2D eigenvalue weighted by Crippen LogP contribution is 2.34. The summed E-state index contributed by atoms with van der Waals surface area (Å²) in [5.74, 6) is -0.304. The summed E-state index contributed by atoms with van der Waals surface area (Å²) in [6.45, 7) is 2.07. The minimum atomic E-state index is -4.52. The molecule has 0 atom stereocenters. The van der Waals surface area contributed by atoms with Crippen LogP contribution in [-0.4, -0.2) is 24.1 Å². The molecule has 0 saturated heterocycles. The molecule has 142 valence electrons. The van der Waals surface area contributed by atoms with Crippen molar-refractivity contribution in [2.75, 3.05) is 18.5 Å². The summed E-state index contributed by atoms with van der Waals surface area (Å²) in [5.41, 5.74) is 6.79. The number of rotatable bonds is 6. The molecule has 0 amide bonds. The topological polar surface area (TPSA) is 72.5 Å². The van der Waals surface area contributed by atoms with Crippen molar-refractivity contribution < 1.29 is 17.9 Å². The Morgan fingerprint density at radius 1 is 1.27 bits per heavy atom. The lowest BCUT2D eigenvalue weighted by molar-refractivity contribution is -0.139. The molecular formula is C17H20F3IN4O. The maximum atomic E-state index is 12.8. The lowest BCUT2D eigenvalue weighted by Gasteiger charge is -2.12. The van der Waals surface area contributed by atoms with Crippen molar-refractivity contribution in [3.05, 3.63) is 53.7 Å². The van der Waals surface area contributed by atoms with Gasteiger partial charge in [-0.1, -0.05) is 19.1 Å². The number of benzene rings is 1. The van der Waals surface area contributed by atoms with Crippen LogP contribution in [0.5, 0.6) is 5.88 Å². The fraction of sp³-hybridized carbons (Fsp3) is 0.294. The SMILES string of the molecule is CCc1cccc(NC(N)=NCCOc2ncccc2C(F)(F)F)c1.I. The van der Waals surface area contributed by atoms with Gasteiger partial charge in [0.2, 0.25) is 5.88 Å². The van der Waals surface area contributed by atoms with Gasteiger partial charge in [0.1, 0.15) is 12.2 Å². The van der Waals surface area contributed by atoms with E-state index in [0.29, 0.717) is 0 Å². The van der Waals surface area contributed by atoms with Gasteiger partial charge in [-0.25, -0.2) is 9.98 Å². The summed E-state index contributed by atoms with van der Waals surface area (Å²) in [5, 5.41) is 2.93. The van der Waals surface area contributed by atoms with Crippen LogP contribution in [0.25, 0.3) is 0 Å². The van der Waals surface area contributed by atoms with E-state index in [0.717, 1.165) is 23.7 Å². The number of nitrogens with zero attached hydrogens (tertiary/aromatic N) is 2. The van der Waals surface area contributed by atoms with Crippen molar-refractivity contribution in [3.63, 3.8) is 0 Å². The van der Waals surface area contributed by atoms with Crippen molar-refractivity contribution in [1.82, 2.24) is 4.98 Å². The summed E-state index contributed by atoms with van der Waals surface area (Å²) in [6.07, 6.45) is -2.38. The fourth-order valence-corrected chi connectivity index (χ4v) is 2.09. The second-order valence-corrected chi connectivity index (χ2v) is 5.15. The number of aryl methyl sites for hydroxylation is 1. The summed E-state index contributed by atoms with van der Waals surface area (Å²) in [6, 6.07) is 9.82. The van der Waals surface area contributed by atoms with Crippen LogP contribution in [0.1, 0.15) is 18.1 Å². The predicted octanol–water partition coefficient (Wildman–Crippen LogP) is 4.09. The van der Waals surface area contributed by atoms with Gasteiger partial charge in [-0.2, -0.15) is 13.2 Å².